The second kappa shape index (κ2) is 8.65. The van der Waals surface area contributed by atoms with Crippen molar-refractivity contribution in [1.82, 2.24) is 9.97 Å². The quantitative estimate of drug-likeness (QED) is 0.170. The van der Waals surface area contributed by atoms with Gasteiger partial charge in [-0.1, -0.05) is 35.0 Å². The number of aliphatic hydroxyl groups is 1. The molecule has 0 amide bonds. The zero-order valence-corrected chi connectivity index (χ0v) is 16.8. The first-order valence-electron chi connectivity index (χ1n) is 7.87. The monoisotopic (exact) mass is 522 g/mol. The first-order chi connectivity index (χ1) is 12.1. The van der Waals surface area contributed by atoms with Gasteiger partial charge in [-0.3, -0.25) is 9.78 Å². The summed E-state index contributed by atoms with van der Waals surface area (Å²) in [5.41, 5.74) is 1.87. The van der Waals surface area contributed by atoms with Crippen LogP contribution in [0.3, 0.4) is 0 Å². The van der Waals surface area contributed by atoms with Crippen molar-refractivity contribution >= 4 is 38.4 Å². The molecule has 0 aliphatic rings. The number of aromatic nitrogens is 2. The fourth-order valence-electron chi connectivity index (χ4n) is 2.79. The van der Waals surface area contributed by atoms with E-state index in [4.69, 9.17) is 5.11 Å². The Morgan fingerprint density at radius 1 is 0.962 bits per heavy atom. The summed E-state index contributed by atoms with van der Waals surface area (Å²) in [4.78, 5) is 19.0. The van der Waals surface area contributed by atoms with Crippen molar-refractivity contribution in [2.45, 2.75) is 13.8 Å². The summed E-state index contributed by atoms with van der Waals surface area (Å²) < 4.78 is 0. The predicted octanol–water partition coefficient (Wildman–Crippen LogP) is 4.77. The molecule has 0 saturated carbocycles. The number of hydrogen-bond acceptors (Lipinski definition) is 4. The summed E-state index contributed by atoms with van der Waals surface area (Å²) in [5.74, 6) is -0.0625. The van der Waals surface area contributed by atoms with Crippen LogP contribution in [0.1, 0.15) is 13.8 Å². The molecule has 4 rings (SSSR count). The largest absolute Gasteiger partial charge is 0.512 e. The normalized spacial score (nSPS) is 10.9. The van der Waals surface area contributed by atoms with E-state index in [2.05, 4.69) is 40.3 Å². The summed E-state index contributed by atoms with van der Waals surface area (Å²) in [7, 11) is 0. The fourth-order valence-corrected chi connectivity index (χ4v) is 2.79. The summed E-state index contributed by atoms with van der Waals surface area (Å²) in [5, 5.41) is 12.9. The van der Waals surface area contributed by atoms with Crippen molar-refractivity contribution in [3.63, 3.8) is 0 Å². The van der Waals surface area contributed by atoms with Crippen LogP contribution in [0, 0.1) is 6.07 Å². The van der Waals surface area contributed by atoms with Crippen LogP contribution in [0.4, 0.5) is 0 Å². The van der Waals surface area contributed by atoms with Gasteiger partial charge in [0.25, 0.3) is 0 Å². The molecule has 0 fully saturated rings. The molecule has 0 atom stereocenters. The van der Waals surface area contributed by atoms with E-state index in [0.29, 0.717) is 0 Å². The topological polar surface area (TPSA) is 63.1 Å². The molecular weight excluding hydrogens is 504 g/mol. The predicted molar refractivity (Wildman–Crippen MR) is 100 cm³/mol. The van der Waals surface area contributed by atoms with E-state index >= 15 is 0 Å². The number of benzene rings is 3. The third-order valence-electron chi connectivity index (χ3n) is 3.68. The minimum Gasteiger partial charge on any atom is -0.512 e. The number of aliphatic hydroxyl groups excluding tert-OH is 1. The molecule has 0 unspecified atom stereocenters. The molecule has 133 valence electrons. The standard InChI is InChI=1S/C16H9N2.C5H8O2.Ir/c1-3-7-13-11(5-1)12-6-2-4-8-14(12)16-15(13)17-9-10-18-16;1-4(6)3-5(2)7;/h1-7,9-10H;3,6H,1-2H3;/q-1;;. The molecule has 26 heavy (non-hydrogen) atoms. The average molecular weight is 522 g/mol. The Hall–Kier alpha value is -2.62. The average Bonchev–Trinajstić information content (AvgIpc) is 2.61. The number of hydrogen-bond donors (Lipinski definition) is 1. The molecular formula is C21H17IrN2O2-. The summed E-state index contributed by atoms with van der Waals surface area (Å²) in [6.45, 7) is 2.85. The third-order valence-corrected chi connectivity index (χ3v) is 3.68. The van der Waals surface area contributed by atoms with Crippen LogP contribution in [0.25, 0.3) is 32.6 Å². The van der Waals surface area contributed by atoms with Crippen molar-refractivity contribution in [2.75, 3.05) is 0 Å². The molecule has 1 N–H and O–H groups in total. The first kappa shape index (κ1) is 19.7. The van der Waals surface area contributed by atoms with Crippen LogP contribution in [-0.2, 0) is 24.9 Å². The van der Waals surface area contributed by atoms with Gasteiger partial charge in [-0.2, -0.15) is 0 Å². The van der Waals surface area contributed by atoms with E-state index in [1.165, 1.54) is 30.7 Å². The molecule has 0 aliphatic carbocycles. The first-order valence-corrected chi connectivity index (χ1v) is 7.87. The third kappa shape index (κ3) is 4.13. The van der Waals surface area contributed by atoms with Gasteiger partial charge in [-0.05, 0) is 19.2 Å². The maximum atomic E-state index is 10.0. The Balaban J connectivity index is 0.000000265. The van der Waals surface area contributed by atoms with Crippen molar-refractivity contribution < 1.29 is 30.0 Å². The molecule has 5 heteroatoms. The molecule has 3 aromatic carbocycles. The smallest absolute Gasteiger partial charge is 0.155 e. The van der Waals surface area contributed by atoms with Crippen molar-refractivity contribution in [1.29, 1.82) is 0 Å². The maximum Gasteiger partial charge on any atom is 0.155 e. The number of carbonyl (C=O) groups is 1. The van der Waals surface area contributed by atoms with Crippen LogP contribution >= 0.6 is 0 Å². The number of carbonyl (C=O) groups excluding carboxylic acids is 1. The Morgan fingerprint density at radius 2 is 1.58 bits per heavy atom. The van der Waals surface area contributed by atoms with Gasteiger partial charge in [0.05, 0.1) is 11.3 Å². The van der Waals surface area contributed by atoms with Crippen LogP contribution in [-0.4, -0.2) is 20.9 Å². The van der Waals surface area contributed by atoms with E-state index in [9.17, 15) is 4.79 Å². The van der Waals surface area contributed by atoms with Gasteiger partial charge in [0, 0.05) is 44.1 Å². The Kier molecular flexibility index (Phi) is 6.56. The molecule has 1 radical (unpaired) electrons. The second-order valence-corrected chi connectivity index (χ2v) is 5.65. The van der Waals surface area contributed by atoms with Gasteiger partial charge >= 0.3 is 0 Å². The van der Waals surface area contributed by atoms with Crippen LogP contribution in [0.15, 0.2) is 66.7 Å². The number of fused-ring (bicyclic) bond motifs is 6. The van der Waals surface area contributed by atoms with Gasteiger partial charge in [-0.15, -0.1) is 29.7 Å². The van der Waals surface area contributed by atoms with Crippen LogP contribution < -0.4 is 0 Å². The van der Waals surface area contributed by atoms with E-state index < -0.39 is 0 Å². The van der Waals surface area contributed by atoms with Gasteiger partial charge in [0.2, 0.25) is 0 Å². The van der Waals surface area contributed by atoms with Crippen LogP contribution in [0.5, 0.6) is 0 Å². The number of allylic oxidation sites excluding steroid dienone is 2. The molecule has 0 aliphatic heterocycles. The molecule has 0 bridgehead atoms. The van der Waals surface area contributed by atoms with E-state index in [-0.39, 0.29) is 31.6 Å². The van der Waals surface area contributed by atoms with Crippen molar-refractivity contribution in [2.24, 2.45) is 0 Å². The zero-order chi connectivity index (χ0) is 17.8. The van der Waals surface area contributed by atoms with Gasteiger partial charge < -0.3 is 10.1 Å². The van der Waals surface area contributed by atoms with Gasteiger partial charge in [-0.25, -0.2) is 0 Å². The van der Waals surface area contributed by atoms with Crippen molar-refractivity contribution in [3.8, 4) is 0 Å². The summed E-state index contributed by atoms with van der Waals surface area (Å²) in [6, 6.07) is 17.6. The minimum atomic E-state index is -0.125. The Morgan fingerprint density at radius 3 is 2.19 bits per heavy atom. The SMILES string of the molecule is CC(=O)C=C(C)O.[Ir].[c-]1cccc2c1c1nccnc1c1ccccc21. The maximum absolute atomic E-state index is 10.0. The van der Waals surface area contributed by atoms with E-state index in [0.717, 1.165) is 21.8 Å². The Bertz CT molecular complexity index is 882. The van der Waals surface area contributed by atoms with E-state index in [1.807, 2.05) is 18.2 Å². The second-order valence-electron chi connectivity index (χ2n) is 5.65. The number of nitrogens with zero attached hydrogens (tertiary/aromatic N) is 2. The summed E-state index contributed by atoms with van der Waals surface area (Å²) >= 11 is 0. The van der Waals surface area contributed by atoms with Gasteiger partial charge in [0.15, 0.2) is 5.78 Å². The van der Waals surface area contributed by atoms with Crippen LogP contribution in [0.2, 0.25) is 0 Å². The number of ketones is 1. The molecule has 1 aromatic heterocycles. The van der Waals surface area contributed by atoms with E-state index in [1.54, 1.807) is 12.4 Å². The molecule has 1 heterocycles. The summed E-state index contributed by atoms with van der Waals surface area (Å²) in [6.07, 6.45) is 4.64. The number of rotatable bonds is 1. The van der Waals surface area contributed by atoms with Gasteiger partial charge in [0.1, 0.15) is 0 Å². The molecule has 4 nitrogen and oxygen atoms in total. The van der Waals surface area contributed by atoms with Crippen molar-refractivity contribution in [3.05, 3.63) is 72.8 Å². The fraction of sp³-hybridized carbons (Fsp3) is 0.0952. The molecule has 0 spiro atoms. The molecule has 0 saturated heterocycles. The molecule has 4 aromatic rings. The zero-order valence-electron chi connectivity index (χ0n) is 14.4. The Labute approximate surface area is 164 Å². The minimum absolute atomic E-state index is 0.